The molecule has 0 saturated carbocycles. The van der Waals surface area contributed by atoms with Crippen molar-refractivity contribution in [3.8, 4) is 0 Å². The normalized spacial score (nSPS) is 27.6. The van der Waals surface area contributed by atoms with Crippen molar-refractivity contribution >= 4 is 29.5 Å². The number of thioether (sulfide) groups is 1. The fourth-order valence-corrected chi connectivity index (χ4v) is 5.23. The molecule has 3 rings (SSSR count). The molecule has 0 radical (unpaired) electrons. The number of aliphatic hydroxyl groups is 1. The summed E-state index contributed by atoms with van der Waals surface area (Å²) in [6, 6.07) is 0.122. The molecular weight excluding hydrogens is 372 g/mol. The third kappa shape index (κ3) is 5.01. The van der Waals surface area contributed by atoms with Crippen LogP contribution in [0.25, 0.3) is 0 Å². The third-order valence-corrected chi connectivity index (χ3v) is 6.28. The summed E-state index contributed by atoms with van der Waals surface area (Å²) in [5.41, 5.74) is 11.2. The van der Waals surface area contributed by atoms with Crippen molar-refractivity contribution in [2.24, 2.45) is 17.4 Å². The zero-order valence-corrected chi connectivity index (χ0v) is 16.2. The maximum atomic E-state index is 11.6. The zero-order valence-electron chi connectivity index (χ0n) is 15.4. The maximum absolute atomic E-state index is 11.6. The van der Waals surface area contributed by atoms with Gasteiger partial charge in [-0.2, -0.15) is 0 Å². The molecule has 3 aliphatic rings. The van der Waals surface area contributed by atoms with Gasteiger partial charge in [-0.3, -0.25) is 9.59 Å². The summed E-state index contributed by atoms with van der Waals surface area (Å²) in [4.78, 5) is 36.5. The molecule has 9 nitrogen and oxygen atoms in total. The van der Waals surface area contributed by atoms with Gasteiger partial charge in [0.2, 0.25) is 11.8 Å². The van der Waals surface area contributed by atoms with Crippen LogP contribution in [0.5, 0.6) is 0 Å². The molecule has 7 N–H and O–H groups in total. The molecule has 2 saturated heterocycles. The van der Waals surface area contributed by atoms with E-state index in [1.807, 2.05) is 0 Å². The molecule has 3 heterocycles. The average Bonchev–Trinajstić information content (AvgIpc) is 3.15. The highest BCUT2D eigenvalue weighted by molar-refractivity contribution is 8.03. The van der Waals surface area contributed by atoms with E-state index in [-0.39, 0.29) is 53.8 Å². The number of rotatable bonds is 7. The molecule has 2 amide bonds. The van der Waals surface area contributed by atoms with E-state index in [4.69, 9.17) is 16.6 Å². The molecule has 0 aromatic rings. The molecule has 0 aromatic heterocycles. The Balaban J connectivity index is 0.000000817. The van der Waals surface area contributed by atoms with Gasteiger partial charge in [0.1, 0.15) is 5.70 Å². The first kappa shape index (κ1) is 21.7. The Morgan fingerprint density at radius 3 is 2.59 bits per heavy atom. The van der Waals surface area contributed by atoms with E-state index >= 15 is 0 Å². The van der Waals surface area contributed by atoms with Gasteiger partial charge in [0.05, 0.1) is 6.04 Å². The van der Waals surface area contributed by atoms with E-state index in [2.05, 4.69) is 5.32 Å². The van der Waals surface area contributed by atoms with Crippen molar-refractivity contribution in [3.05, 3.63) is 10.6 Å². The number of aliphatic carboxylic acids is 1. The molecule has 2 fully saturated rings. The van der Waals surface area contributed by atoms with Crippen molar-refractivity contribution in [3.63, 3.8) is 0 Å². The minimum absolute atomic E-state index is 0.00823. The predicted molar refractivity (Wildman–Crippen MR) is 101 cm³/mol. The second kappa shape index (κ2) is 9.54. The lowest BCUT2D eigenvalue weighted by Crippen LogP contribution is -2.49. The Morgan fingerprint density at radius 1 is 1.41 bits per heavy atom. The van der Waals surface area contributed by atoms with Gasteiger partial charge >= 0.3 is 5.97 Å². The van der Waals surface area contributed by atoms with Crippen LogP contribution in [-0.4, -0.2) is 69.9 Å². The molecule has 3 aliphatic heterocycles. The Kier molecular flexibility index (Phi) is 7.66. The molecule has 27 heavy (non-hydrogen) atoms. The van der Waals surface area contributed by atoms with Gasteiger partial charge in [-0.25, -0.2) is 4.79 Å². The van der Waals surface area contributed by atoms with E-state index in [9.17, 15) is 19.5 Å². The first-order chi connectivity index (χ1) is 12.8. The molecule has 0 aliphatic carbocycles. The van der Waals surface area contributed by atoms with E-state index in [0.29, 0.717) is 19.4 Å². The highest BCUT2D eigenvalue weighted by atomic mass is 32.2. The minimum atomic E-state index is -1.04. The Hall–Kier alpha value is -1.62. The molecular formula is C17H28N4O5S. The zero-order chi connectivity index (χ0) is 20.1. The Bertz CT molecular complexity index is 626. The summed E-state index contributed by atoms with van der Waals surface area (Å²) in [5.74, 6) is -1.52. The highest BCUT2D eigenvalue weighted by Crippen LogP contribution is 2.45. The lowest BCUT2D eigenvalue weighted by atomic mass is 9.95. The molecule has 0 bridgehead atoms. The smallest absolute Gasteiger partial charge is 0.353 e. The summed E-state index contributed by atoms with van der Waals surface area (Å²) in [7, 11) is 0. The molecule has 0 spiro atoms. The van der Waals surface area contributed by atoms with Gasteiger partial charge in [-0.1, -0.05) is 0 Å². The summed E-state index contributed by atoms with van der Waals surface area (Å²) in [6.07, 6.45) is 2.11. The largest absolute Gasteiger partial charge is 0.477 e. The maximum Gasteiger partial charge on any atom is 0.353 e. The van der Waals surface area contributed by atoms with Gasteiger partial charge in [0.25, 0.3) is 0 Å². The Labute approximate surface area is 162 Å². The van der Waals surface area contributed by atoms with Crippen LogP contribution in [0.2, 0.25) is 0 Å². The monoisotopic (exact) mass is 400 g/mol. The van der Waals surface area contributed by atoms with Crippen molar-refractivity contribution < 1.29 is 24.6 Å². The first-order valence-corrected chi connectivity index (χ1v) is 9.98. The van der Waals surface area contributed by atoms with Crippen molar-refractivity contribution in [1.82, 2.24) is 10.2 Å². The molecule has 152 valence electrons. The number of fused-ring (bicyclic) bond motifs is 1. The van der Waals surface area contributed by atoms with Crippen LogP contribution in [0.4, 0.5) is 0 Å². The summed E-state index contributed by atoms with van der Waals surface area (Å²) < 4.78 is 0. The molecule has 10 heteroatoms. The van der Waals surface area contributed by atoms with E-state index < -0.39 is 5.97 Å². The molecule has 4 atom stereocenters. The second-order valence-electron chi connectivity index (χ2n) is 6.88. The number of nitrogens with one attached hydrogen (secondary N) is 1. The van der Waals surface area contributed by atoms with E-state index in [1.54, 1.807) is 6.92 Å². The fourth-order valence-electron chi connectivity index (χ4n) is 3.76. The van der Waals surface area contributed by atoms with Crippen LogP contribution >= 0.6 is 11.8 Å². The number of hydrogen-bond acceptors (Lipinski definition) is 7. The summed E-state index contributed by atoms with van der Waals surface area (Å²) in [6.45, 7) is 3.03. The van der Waals surface area contributed by atoms with Gasteiger partial charge < -0.3 is 31.9 Å². The number of carbonyl (C=O) groups excluding carboxylic acids is 2. The van der Waals surface area contributed by atoms with Crippen LogP contribution in [0.1, 0.15) is 32.6 Å². The minimum Gasteiger partial charge on any atom is -0.477 e. The number of carbonyl (C=O) groups is 3. The number of nitrogens with two attached hydrogens (primary N) is 2. The number of amides is 2. The van der Waals surface area contributed by atoms with Gasteiger partial charge in [0, 0.05) is 48.6 Å². The van der Waals surface area contributed by atoms with Crippen LogP contribution in [0.15, 0.2) is 10.6 Å². The van der Waals surface area contributed by atoms with Crippen molar-refractivity contribution in [2.45, 2.75) is 49.9 Å². The third-order valence-electron chi connectivity index (χ3n) is 4.94. The van der Waals surface area contributed by atoms with Crippen molar-refractivity contribution in [2.75, 3.05) is 19.7 Å². The Morgan fingerprint density at radius 2 is 2.07 bits per heavy atom. The highest BCUT2D eigenvalue weighted by Gasteiger charge is 2.48. The first-order valence-electron chi connectivity index (χ1n) is 9.10. The van der Waals surface area contributed by atoms with Gasteiger partial charge in [-0.15, -0.1) is 11.8 Å². The fraction of sp³-hybridized carbons (Fsp3) is 0.706. The topological polar surface area (TPSA) is 159 Å². The van der Waals surface area contributed by atoms with Gasteiger partial charge in [-0.05, 0) is 25.8 Å². The van der Waals surface area contributed by atoms with Crippen molar-refractivity contribution in [1.29, 1.82) is 0 Å². The van der Waals surface area contributed by atoms with E-state index in [0.717, 1.165) is 17.9 Å². The van der Waals surface area contributed by atoms with Gasteiger partial charge in [0.15, 0.2) is 0 Å². The number of carboxylic acid groups (broad SMARTS) is 1. The quantitative estimate of drug-likeness (QED) is 0.347. The lowest BCUT2D eigenvalue weighted by molar-refractivity contribution is -0.147. The predicted octanol–water partition coefficient (Wildman–Crippen LogP) is -0.800. The molecule has 0 aromatic carbocycles. The van der Waals surface area contributed by atoms with Crippen LogP contribution in [-0.2, 0) is 14.4 Å². The number of hydrogen-bond donors (Lipinski definition) is 5. The number of nitrogens with zero attached hydrogens (tertiary/aromatic N) is 1. The number of aliphatic hydroxyl groups excluding tert-OH is 1. The van der Waals surface area contributed by atoms with Crippen LogP contribution < -0.4 is 16.8 Å². The standard InChI is InChI=1S/C15H22N4O4S.C2H6O/c16-5-7(1-12(17)20)10-4-9(6-18-10)24-11-2-8-3-13(21)19(8)14(11)15(22)23;1-2-3/h7-10,18H,1-6,16H2,(H2,17,20)(H,22,23);3H,2H2,1H3. The molecule has 4 unspecified atom stereocenters. The second-order valence-corrected chi connectivity index (χ2v) is 8.27. The van der Waals surface area contributed by atoms with Crippen LogP contribution in [0.3, 0.4) is 0 Å². The summed E-state index contributed by atoms with van der Waals surface area (Å²) >= 11 is 1.54. The lowest BCUT2D eigenvalue weighted by Gasteiger charge is -2.34. The van der Waals surface area contributed by atoms with E-state index in [1.165, 1.54) is 16.7 Å². The number of primary amides is 1. The summed E-state index contributed by atoms with van der Waals surface area (Å²) in [5, 5.41) is 20.6. The number of β-lactam (4-membered cyclic amide) rings is 1. The average molecular weight is 401 g/mol. The SMILES string of the molecule is CCO.NCC(CC(N)=O)C1CC(SC2=C(C(=O)O)N3C(=O)CC3C2)CN1. The number of carboxylic acids is 1. The van der Waals surface area contributed by atoms with Crippen LogP contribution in [0, 0.1) is 5.92 Å².